The van der Waals surface area contributed by atoms with Crippen molar-refractivity contribution in [2.45, 2.75) is 44.6 Å². The first-order chi connectivity index (χ1) is 7.66. The van der Waals surface area contributed by atoms with E-state index in [-0.39, 0.29) is 11.9 Å². The van der Waals surface area contributed by atoms with Gasteiger partial charge in [-0.3, -0.25) is 14.3 Å². The predicted molar refractivity (Wildman–Crippen MR) is 67.7 cm³/mol. The molecule has 1 aliphatic heterocycles. The van der Waals surface area contributed by atoms with Crippen LogP contribution >= 0.6 is 9.39 Å². The van der Waals surface area contributed by atoms with Crippen LogP contribution in [0.1, 0.15) is 38.5 Å². The van der Waals surface area contributed by atoms with Crippen LogP contribution in [0.5, 0.6) is 0 Å². The van der Waals surface area contributed by atoms with Crippen molar-refractivity contribution in [1.82, 2.24) is 9.73 Å². The topological polar surface area (TPSA) is 32.8 Å². The minimum atomic E-state index is -0.0481. The molecule has 16 heavy (non-hydrogen) atoms. The van der Waals surface area contributed by atoms with Crippen LogP contribution in [0.4, 0.5) is 0 Å². The van der Waals surface area contributed by atoms with Crippen molar-refractivity contribution >= 4 is 15.3 Å². The van der Waals surface area contributed by atoms with Crippen LogP contribution in [0.3, 0.4) is 0 Å². The quantitative estimate of drug-likeness (QED) is 0.550. The Labute approximate surface area is 101 Å². The Bertz CT molecular complexity index is 226. The average molecular weight is 246 g/mol. The second-order valence-corrected chi connectivity index (χ2v) is 4.99. The number of carbonyl (C=O) groups excluding carboxylic acids is 1. The number of rotatable bonds is 2. The summed E-state index contributed by atoms with van der Waals surface area (Å²) in [6.45, 7) is 0.971. The molecule has 1 heterocycles. The number of hydrogen-bond acceptors (Lipinski definition) is 3. The van der Waals surface area contributed by atoms with Gasteiger partial charge in [-0.1, -0.05) is 35.1 Å². The van der Waals surface area contributed by atoms with Crippen molar-refractivity contribution in [3.05, 3.63) is 0 Å². The highest BCUT2D eigenvalue weighted by Crippen LogP contribution is 2.20. The van der Waals surface area contributed by atoms with Gasteiger partial charge in [0.2, 0.25) is 0 Å². The van der Waals surface area contributed by atoms with Gasteiger partial charge in [-0.25, -0.2) is 5.06 Å². The molecule has 0 bridgehead atoms. The number of hydroxylamine groups is 2. The van der Waals surface area contributed by atoms with Gasteiger partial charge in [0.1, 0.15) is 0 Å². The third-order valence-corrected chi connectivity index (χ3v) is 3.78. The van der Waals surface area contributed by atoms with Crippen molar-refractivity contribution in [1.29, 1.82) is 0 Å². The fraction of sp³-hybridized carbons (Fsp3) is 0.909. The zero-order chi connectivity index (χ0) is 12.0. The summed E-state index contributed by atoms with van der Waals surface area (Å²) in [7, 11) is 5.89. The van der Waals surface area contributed by atoms with Crippen molar-refractivity contribution in [2.75, 3.05) is 20.7 Å². The number of hydrogen-bond donors (Lipinski definition) is 0. The van der Waals surface area contributed by atoms with E-state index in [9.17, 15) is 4.79 Å². The van der Waals surface area contributed by atoms with E-state index < -0.39 is 0 Å². The van der Waals surface area contributed by atoms with Crippen LogP contribution in [-0.2, 0) is 9.63 Å². The Balaban J connectivity index is 2.60. The summed E-state index contributed by atoms with van der Waals surface area (Å²) < 4.78 is 2.09. The van der Waals surface area contributed by atoms with E-state index in [2.05, 4.69) is 14.1 Å². The first-order valence-electron chi connectivity index (χ1n) is 6.00. The van der Waals surface area contributed by atoms with Gasteiger partial charge in [0.15, 0.2) is 0 Å². The normalized spacial score (nSPS) is 24.3. The SMILES string of the molecule is CON(C)C(=O)C1CCCCCCCN1P. The smallest absolute Gasteiger partial charge is 0.263 e. The first kappa shape index (κ1) is 13.9. The summed E-state index contributed by atoms with van der Waals surface area (Å²) in [5, 5.41) is 1.33. The minimum Gasteiger partial charge on any atom is -0.275 e. The van der Waals surface area contributed by atoms with Gasteiger partial charge in [-0.15, -0.1) is 0 Å². The zero-order valence-electron chi connectivity index (χ0n) is 10.3. The molecule has 1 aliphatic rings. The lowest BCUT2D eigenvalue weighted by Crippen LogP contribution is -2.43. The van der Waals surface area contributed by atoms with Gasteiger partial charge >= 0.3 is 0 Å². The summed E-state index contributed by atoms with van der Waals surface area (Å²) in [4.78, 5) is 17.0. The number of carbonyl (C=O) groups is 1. The van der Waals surface area contributed by atoms with Gasteiger partial charge in [0, 0.05) is 13.6 Å². The molecule has 2 atom stereocenters. The van der Waals surface area contributed by atoms with E-state index in [1.54, 1.807) is 7.05 Å². The predicted octanol–water partition coefficient (Wildman–Crippen LogP) is 1.82. The van der Waals surface area contributed by atoms with Crippen LogP contribution in [0.2, 0.25) is 0 Å². The highest BCUT2D eigenvalue weighted by Gasteiger charge is 2.26. The average Bonchev–Trinajstić information content (AvgIpc) is 2.39. The second-order valence-electron chi connectivity index (χ2n) is 4.33. The Morgan fingerprint density at radius 1 is 1.31 bits per heavy atom. The zero-order valence-corrected chi connectivity index (χ0v) is 11.5. The van der Waals surface area contributed by atoms with E-state index >= 15 is 0 Å². The van der Waals surface area contributed by atoms with Crippen LogP contribution in [0.25, 0.3) is 0 Å². The maximum atomic E-state index is 12.1. The van der Waals surface area contributed by atoms with E-state index in [1.807, 2.05) is 0 Å². The maximum Gasteiger partial charge on any atom is 0.263 e. The molecule has 4 nitrogen and oxygen atoms in total. The largest absolute Gasteiger partial charge is 0.275 e. The Morgan fingerprint density at radius 2 is 1.94 bits per heavy atom. The highest BCUT2D eigenvalue weighted by atomic mass is 31.0. The molecule has 0 aromatic heterocycles. The van der Waals surface area contributed by atoms with Crippen molar-refractivity contribution < 1.29 is 9.63 Å². The molecule has 94 valence electrons. The summed E-state index contributed by atoms with van der Waals surface area (Å²) in [6.07, 6.45) is 7.02. The van der Waals surface area contributed by atoms with Crippen LogP contribution < -0.4 is 0 Å². The standard InChI is InChI=1S/C11H23N2O2P/c1-12(15-2)11(14)10-8-6-4-3-5-7-9-13(10)16/h10H,3-9,16H2,1-2H3. The summed E-state index contributed by atoms with van der Waals surface area (Å²) in [6, 6.07) is -0.0481. The number of nitrogens with zero attached hydrogens (tertiary/aromatic N) is 2. The van der Waals surface area contributed by atoms with Crippen LogP contribution in [0.15, 0.2) is 0 Å². The van der Waals surface area contributed by atoms with E-state index in [0.29, 0.717) is 0 Å². The van der Waals surface area contributed by atoms with E-state index in [1.165, 1.54) is 37.9 Å². The molecule has 0 aliphatic carbocycles. The fourth-order valence-electron chi connectivity index (χ4n) is 2.05. The second kappa shape index (κ2) is 7.21. The minimum absolute atomic E-state index is 0.0481. The molecule has 0 N–H and O–H groups in total. The molecular formula is C11H23N2O2P. The monoisotopic (exact) mass is 246 g/mol. The molecule has 0 radical (unpaired) electrons. The van der Waals surface area contributed by atoms with Gasteiger partial charge in [-0.2, -0.15) is 0 Å². The summed E-state index contributed by atoms with van der Waals surface area (Å²) in [5.41, 5.74) is 0. The maximum absolute atomic E-state index is 12.1. The number of likely N-dealkylation sites (N-methyl/N-ethyl adjacent to an activating group) is 1. The summed E-state index contributed by atoms with van der Waals surface area (Å²) in [5.74, 6) is 0.0550. The molecule has 0 saturated carbocycles. The molecule has 2 unspecified atom stereocenters. The van der Waals surface area contributed by atoms with Gasteiger partial charge < -0.3 is 0 Å². The lowest BCUT2D eigenvalue weighted by Gasteiger charge is -2.28. The Morgan fingerprint density at radius 3 is 2.62 bits per heavy atom. The third-order valence-electron chi connectivity index (χ3n) is 3.16. The Kier molecular flexibility index (Phi) is 6.25. The molecule has 0 aromatic rings. The first-order valence-corrected chi connectivity index (χ1v) is 6.51. The molecular weight excluding hydrogens is 223 g/mol. The van der Waals surface area contributed by atoms with Crippen molar-refractivity contribution in [3.63, 3.8) is 0 Å². The highest BCUT2D eigenvalue weighted by molar-refractivity contribution is 7.13. The van der Waals surface area contributed by atoms with Crippen molar-refractivity contribution in [2.24, 2.45) is 0 Å². The number of amides is 1. The van der Waals surface area contributed by atoms with E-state index in [0.717, 1.165) is 19.4 Å². The molecule has 1 saturated heterocycles. The molecule has 5 heteroatoms. The van der Waals surface area contributed by atoms with E-state index in [4.69, 9.17) is 4.84 Å². The molecule has 1 rings (SSSR count). The molecule has 1 amide bonds. The fourth-order valence-corrected chi connectivity index (χ4v) is 2.51. The lowest BCUT2D eigenvalue weighted by molar-refractivity contribution is -0.173. The van der Waals surface area contributed by atoms with Crippen molar-refractivity contribution in [3.8, 4) is 0 Å². The van der Waals surface area contributed by atoms with Gasteiger partial charge in [0.25, 0.3) is 5.91 Å². The summed E-state index contributed by atoms with van der Waals surface area (Å²) >= 11 is 0. The lowest BCUT2D eigenvalue weighted by atomic mass is 10.1. The molecule has 1 fully saturated rings. The van der Waals surface area contributed by atoms with Gasteiger partial charge in [0.05, 0.1) is 13.2 Å². The van der Waals surface area contributed by atoms with Gasteiger partial charge in [-0.05, 0) is 12.8 Å². The Hall–Kier alpha value is -0.180. The molecule has 0 spiro atoms. The molecule has 0 aromatic carbocycles. The third kappa shape index (κ3) is 4.00. The van der Waals surface area contributed by atoms with Crippen LogP contribution in [0, 0.1) is 0 Å². The van der Waals surface area contributed by atoms with Crippen LogP contribution in [-0.4, -0.2) is 42.4 Å².